The minimum Gasteiger partial charge on any atom is -0.465 e. The second-order valence-corrected chi connectivity index (χ2v) is 6.59. The summed E-state index contributed by atoms with van der Waals surface area (Å²) in [5.74, 6) is 0.166. The average molecular weight is 357 g/mol. The van der Waals surface area contributed by atoms with Crippen molar-refractivity contribution in [3.8, 4) is 0 Å². The molecule has 0 saturated heterocycles. The van der Waals surface area contributed by atoms with Crippen molar-refractivity contribution in [3.05, 3.63) is 24.3 Å². The van der Waals surface area contributed by atoms with Gasteiger partial charge in [0.05, 0.1) is 11.8 Å². The number of aromatic amines is 1. The Hall–Kier alpha value is -3.17. The molecular formula is C16H19N7O3. The lowest BCUT2D eigenvalue weighted by atomic mass is 9.86. The first kappa shape index (κ1) is 16.3. The van der Waals surface area contributed by atoms with Gasteiger partial charge in [0, 0.05) is 18.8 Å². The fourth-order valence-corrected chi connectivity index (χ4v) is 3.55. The largest absolute Gasteiger partial charge is 0.465 e. The van der Waals surface area contributed by atoms with Gasteiger partial charge in [-0.25, -0.2) is 9.78 Å². The van der Waals surface area contributed by atoms with Gasteiger partial charge in [-0.05, 0) is 31.6 Å². The van der Waals surface area contributed by atoms with Crippen molar-refractivity contribution >= 4 is 28.8 Å². The van der Waals surface area contributed by atoms with Gasteiger partial charge in [-0.2, -0.15) is 0 Å². The van der Waals surface area contributed by atoms with E-state index in [1.807, 2.05) is 0 Å². The summed E-state index contributed by atoms with van der Waals surface area (Å²) < 4.78 is 1.74. The highest BCUT2D eigenvalue weighted by Gasteiger charge is 2.24. The smallest absolute Gasteiger partial charge is 0.404 e. The van der Waals surface area contributed by atoms with Gasteiger partial charge in [0.2, 0.25) is 0 Å². The number of rotatable bonds is 4. The number of nitrogens with zero attached hydrogens (tertiary/aromatic N) is 4. The Kier molecular flexibility index (Phi) is 4.15. The minimum absolute atomic E-state index is 0.0848. The number of hydrogen-bond acceptors (Lipinski definition) is 5. The molecule has 2 amide bonds. The number of amides is 2. The van der Waals surface area contributed by atoms with E-state index in [0.717, 1.165) is 25.7 Å². The standard InChI is InChI=1S/C16H19N7O3/c24-15(21-10-3-1-9(2-4-10)5-19-16(25)26)11-6-17-14-13(11)23-8-20-22-12(23)7-18-14/h6-10,17,19H,1-5H2,(H,21,24)(H,25,26)/t9-,10-. The lowest BCUT2D eigenvalue weighted by Gasteiger charge is -2.28. The Morgan fingerprint density at radius 3 is 2.88 bits per heavy atom. The molecule has 10 nitrogen and oxygen atoms in total. The maximum atomic E-state index is 12.7. The number of carboxylic acid groups (broad SMARTS) is 1. The monoisotopic (exact) mass is 357 g/mol. The zero-order chi connectivity index (χ0) is 18.1. The van der Waals surface area contributed by atoms with Crippen LogP contribution in [-0.2, 0) is 0 Å². The molecule has 0 bridgehead atoms. The number of carbonyl (C=O) groups excluding carboxylic acids is 1. The molecule has 0 aromatic carbocycles. The maximum absolute atomic E-state index is 12.7. The van der Waals surface area contributed by atoms with Crippen LogP contribution in [0.5, 0.6) is 0 Å². The molecule has 1 saturated carbocycles. The fraction of sp³-hybridized carbons (Fsp3) is 0.438. The summed E-state index contributed by atoms with van der Waals surface area (Å²) in [5.41, 5.74) is 2.35. The SMILES string of the molecule is O=C(O)NC[C@H]1CC[C@H](NC(=O)c2c[nH]c3ncc4nncn4c23)CC1. The highest BCUT2D eigenvalue weighted by atomic mass is 16.4. The molecule has 0 atom stereocenters. The quantitative estimate of drug-likeness (QED) is 0.553. The van der Waals surface area contributed by atoms with Crippen LogP contribution < -0.4 is 10.6 Å². The summed E-state index contributed by atoms with van der Waals surface area (Å²) >= 11 is 0. The molecule has 1 fully saturated rings. The minimum atomic E-state index is -0.992. The first-order valence-corrected chi connectivity index (χ1v) is 8.55. The summed E-state index contributed by atoms with van der Waals surface area (Å²) in [6.07, 6.45) is 7.25. The maximum Gasteiger partial charge on any atom is 0.404 e. The molecule has 136 valence electrons. The number of carbonyl (C=O) groups is 2. The number of H-pyrrole nitrogens is 1. The molecule has 3 aromatic heterocycles. The average Bonchev–Trinajstić information content (AvgIpc) is 3.27. The summed E-state index contributed by atoms with van der Waals surface area (Å²) in [6.45, 7) is 0.468. The highest BCUT2D eigenvalue weighted by molar-refractivity contribution is 6.05. The van der Waals surface area contributed by atoms with Gasteiger partial charge in [0.1, 0.15) is 11.8 Å². The molecule has 26 heavy (non-hydrogen) atoms. The summed E-state index contributed by atoms with van der Waals surface area (Å²) in [7, 11) is 0. The molecule has 0 aliphatic heterocycles. The predicted octanol–water partition coefficient (Wildman–Crippen LogP) is 1.16. The van der Waals surface area contributed by atoms with Crippen molar-refractivity contribution in [2.24, 2.45) is 5.92 Å². The Balaban J connectivity index is 1.44. The Labute approximate surface area is 148 Å². The Bertz CT molecular complexity index is 955. The van der Waals surface area contributed by atoms with Crippen LogP contribution in [0.4, 0.5) is 4.79 Å². The number of hydrogen-bond donors (Lipinski definition) is 4. The zero-order valence-corrected chi connectivity index (χ0v) is 14.0. The number of fused-ring (bicyclic) bond motifs is 3. The van der Waals surface area contributed by atoms with E-state index in [-0.39, 0.29) is 11.9 Å². The van der Waals surface area contributed by atoms with Crippen LogP contribution >= 0.6 is 0 Å². The predicted molar refractivity (Wildman–Crippen MR) is 91.9 cm³/mol. The third-order valence-electron chi connectivity index (χ3n) is 4.93. The van der Waals surface area contributed by atoms with E-state index in [1.54, 1.807) is 23.1 Å². The zero-order valence-electron chi connectivity index (χ0n) is 14.0. The Morgan fingerprint density at radius 1 is 1.31 bits per heavy atom. The van der Waals surface area contributed by atoms with Crippen molar-refractivity contribution in [2.75, 3.05) is 6.54 Å². The van der Waals surface area contributed by atoms with Crippen molar-refractivity contribution in [1.29, 1.82) is 0 Å². The van der Waals surface area contributed by atoms with E-state index < -0.39 is 6.09 Å². The van der Waals surface area contributed by atoms with Gasteiger partial charge in [0.25, 0.3) is 5.91 Å². The van der Waals surface area contributed by atoms with E-state index >= 15 is 0 Å². The molecule has 10 heteroatoms. The summed E-state index contributed by atoms with van der Waals surface area (Å²) in [5, 5.41) is 22.0. The first-order valence-electron chi connectivity index (χ1n) is 8.55. The van der Waals surface area contributed by atoms with Crippen LogP contribution in [0.2, 0.25) is 0 Å². The van der Waals surface area contributed by atoms with Gasteiger partial charge in [0.15, 0.2) is 11.3 Å². The lowest BCUT2D eigenvalue weighted by molar-refractivity contribution is 0.0923. The van der Waals surface area contributed by atoms with Crippen molar-refractivity contribution in [2.45, 2.75) is 31.7 Å². The normalized spacial score (nSPS) is 20.3. The summed E-state index contributed by atoms with van der Waals surface area (Å²) in [4.78, 5) is 30.6. The number of aromatic nitrogens is 5. The molecule has 3 aromatic rings. The van der Waals surface area contributed by atoms with Crippen LogP contribution in [-0.4, -0.2) is 54.3 Å². The van der Waals surface area contributed by atoms with Crippen molar-refractivity contribution in [3.63, 3.8) is 0 Å². The van der Waals surface area contributed by atoms with Gasteiger partial charge < -0.3 is 20.7 Å². The van der Waals surface area contributed by atoms with Crippen LogP contribution in [0, 0.1) is 5.92 Å². The van der Waals surface area contributed by atoms with Crippen LogP contribution in [0.3, 0.4) is 0 Å². The first-order chi connectivity index (χ1) is 12.6. The van der Waals surface area contributed by atoms with E-state index in [4.69, 9.17) is 5.11 Å². The van der Waals surface area contributed by atoms with E-state index in [9.17, 15) is 9.59 Å². The summed E-state index contributed by atoms with van der Waals surface area (Å²) in [6, 6.07) is 0.0848. The van der Waals surface area contributed by atoms with Crippen LogP contribution in [0.25, 0.3) is 16.8 Å². The van der Waals surface area contributed by atoms with E-state index in [2.05, 4.69) is 30.8 Å². The fourth-order valence-electron chi connectivity index (χ4n) is 3.55. The second-order valence-electron chi connectivity index (χ2n) is 6.59. The third-order valence-corrected chi connectivity index (χ3v) is 4.93. The van der Waals surface area contributed by atoms with Gasteiger partial charge in [-0.1, -0.05) is 0 Å². The van der Waals surface area contributed by atoms with E-state index in [1.165, 1.54) is 0 Å². The molecule has 4 N–H and O–H groups in total. The molecule has 1 aliphatic carbocycles. The second kappa shape index (κ2) is 6.62. The highest BCUT2D eigenvalue weighted by Crippen LogP contribution is 2.25. The molecule has 0 unspecified atom stereocenters. The van der Waals surface area contributed by atoms with Gasteiger partial charge in [-0.3, -0.25) is 9.20 Å². The van der Waals surface area contributed by atoms with E-state index in [0.29, 0.717) is 34.8 Å². The van der Waals surface area contributed by atoms with Gasteiger partial charge in [-0.15, -0.1) is 10.2 Å². The third kappa shape index (κ3) is 3.05. The lowest BCUT2D eigenvalue weighted by Crippen LogP contribution is -2.39. The topological polar surface area (TPSA) is 137 Å². The molecule has 0 radical (unpaired) electrons. The molecular weight excluding hydrogens is 338 g/mol. The van der Waals surface area contributed by atoms with Crippen LogP contribution in [0.15, 0.2) is 18.7 Å². The van der Waals surface area contributed by atoms with Crippen LogP contribution in [0.1, 0.15) is 36.0 Å². The molecule has 0 spiro atoms. The number of nitrogens with one attached hydrogen (secondary N) is 3. The van der Waals surface area contributed by atoms with Crippen molar-refractivity contribution < 1.29 is 14.7 Å². The van der Waals surface area contributed by atoms with Crippen molar-refractivity contribution in [1.82, 2.24) is 35.2 Å². The Morgan fingerprint density at radius 2 is 2.12 bits per heavy atom. The van der Waals surface area contributed by atoms with Gasteiger partial charge >= 0.3 is 6.09 Å². The molecule has 4 rings (SSSR count). The molecule has 3 heterocycles. The molecule has 1 aliphatic rings.